The van der Waals surface area contributed by atoms with E-state index in [-0.39, 0.29) is 0 Å². The zero-order valence-electron chi connectivity index (χ0n) is 11.7. The molecule has 0 bridgehead atoms. The molecule has 0 atom stereocenters. The van der Waals surface area contributed by atoms with Crippen molar-refractivity contribution in [3.05, 3.63) is 58.6 Å². The summed E-state index contributed by atoms with van der Waals surface area (Å²) in [6.45, 7) is 3.73. The van der Waals surface area contributed by atoms with Gasteiger partial charge in [-0.3, -0.25) is 9.59 Å². The Labute approximate surface area is 128 Å². The lowest BCUT2D eigenvalue weighted by molar-refractivity contribution is -0.133. The number of hydrogen-bond acceptors (Lipinski definition) is 2. The number of carbonyl (C=O) groups is 2. The molecule has 2 N–H and O–H groups in total. The minimum atomic E-state index is -0.734. The van der Waals surface area contributed by atoms with Gasteiger partial charge in [-0.1, -0.05) is 29.8 Å². The first kappa shape index (κ1) is 15.1. The zero-order chi connectivity index (χ0) is 15.4. The minimum Gasteiger partial charge on any atom is -0.318 e. The highest BCUT2D eigenvalue weighted by Gasteiger charge is 2.15. The lowest BCUT2D eigenvalue weighted by Crippen LogP contribution is -2.29. The van der Waals surface area contributed by atoms with E-state index < -0.39 is 11.8 Å². The SMILES string of the molecule is Cc1cccc(NC(=O)C(=O)Nc2cc(Cl)ccc2C)c1. The third-order valence-corrected chi connectivity index (χ3v) is 3.17. The first-order valence-electron chi connectivity index (χ1n) is 6.41. The summed E-state index contributed by atoms with van der Waals surface area (Å²) in [4.78, 5) is 23.8. The minimum absolute atomic E-state index is 0.495. The van der Waals surface area contributed by atoms with E-state index in [1.54, 1.807) is 30.3 Å². The predicted octanol–water partition coefficient (Wildman–Crippen LogP) is 3.53. The summed E-state index contributed by atoms with van der Waals surface area (Å²) in [5.74, 6) is -1.46. The quantitative estimate of drug-likeness (QED) is 0.834. The van der Waals surface area contributed by atoms with Gasteiger partial charge in [-0.15, -0.1) is 0 Å². The molecule has 21 heavy (non-hydrogen) atoms. The molecule has 4 nitrogen and oxygen atoms in total. The topological polar surface area (TPSA) is 58.2 Å². The Balaban J connectivity index is 2.06. The van der Waals surface area contributed by atoms with Gasteiger partial charge in [0.15, 0.2) is 0 Å². The van der Waals surface area contributed by atoms with E-state index in [2.05, 4.69) is 10.6 Å². The van der Waals surface area contributed by atoms with Gasteiger partial charge in [-0.2, -0.15) is 0 Å². The number of halogens is 1. The van der Waals surface area contributed by atoms with Crippen LogP contribution in [0.2, 0.25) is 5.02 Å². The average molecular weight is 303 g/mol. The molecule has 108 valence electrons. The van der Waals surface area contributed by atoms with E-state index in [0.717, 1.165) is 11.1 Å². The summed E-state index contributed by atoms with van der Waals surface area (Å²) >= 11 is 5.88. The zero-order valence-corrected chi connectivity index (χ0v) is 12.5. The van der Waals surface area contributed by atoms with E-state index >= 15 is 0 Å². The van der Waals surface area contributed by atoms with Crippen molar-refractivity contribution in [2.75, 3.05) is 10.6 Å². The van der Waals surface area contributed by atoms with Crippen molar-refractivity contribution in [2.45, 2.75) is 13.8 Å². The molecule has 0 radical (unpaired) electrons. The third-order valence-electron chi connectivity index (χ3n) is 2.93. The standard InChI is InChI=1S/C16H15ClN2O2/c1-10-4-3-5-13(8-10)18-15(20)16(21)19-14-9-12(17)7-6-11(14)2/h3-9H,1-2H3,(H,18,20)(H,19,21). The van der Waals surface area contributed by atoms with Crippen molar-refractivity contribution in [1.82, 2.24) is 0 Å². The Morgan fingerprint density at radius 3 is 2.38 bits per heavy atom. The number of hydrogen-bond donors (Lipinski definition) is 2. The molecule has 0 aliphatic rings. The fourth-order valence-corrected chi connectivity index (χ4v) is 1.99. The van der Waals surface area contributed by atoms with Crippen LogP contribution in [0.15, 0.2) is 42.5 Å². The molecule has 2 amide bonds. The number of benzene rings is 2. The Morgan fingerprint density at radius 1 is 0.952 bits per heavy atom. The number of nitrogens with one attached hydrogen (secondary N) is 2. The highest BCUT2D eigenvalue weighted by Crippen LogP contribution is 2.20. The maximum Gasteiger partial charge on any atom is 0.314 e. The van der Waals surface area contributed by atoms with E-state index in [0.29, 0.717) is 16.4 Å². The van der Waals surface area contributed by atoms with Crippen LogP contribution in [-0.4, -0.2) is 11.8 Å². The predicted molar refractivity (Wildman–Crippen MR) is 84.6 cm³/mol. The fourth-order valence-electron chi connectivity index (χ4n) is 1.82. The molecule has 5 heteroatoms. The maximum atomic E-state index is 11.9. The molecule has 0 unspecified atom stereocenters. The van der Waals surface area contributed by atoms with Gasteiger partial charge in [-0.05, 0) is 49.2 Å². The highest BCUT2D eigenvalue weighted by atomic mass is 35.5. The van der Waals surface area contributed by atoms with Crippen LogP contribution in [0.3, 0.4) is 0 Å². The van der Waals surface area contributed by atoms with Crippen LogP contribution in [0.4, 0.5) is 11.4 Å². The van der Waals surface area contributed by atoms with Gasteiger partial charge in [0.1, 0.15) is 0 Å². The largest absolute Gasteiger partial charge is 0.318 e. The molecule has 0 aliphatic heterocycles. The van der Waals surface area contributed by atoms with E-state index in [9.17, 15) is 9.59 Å². The normalized spacial score (nSPS) is 10.0. The average Bonchev–Trinajstić information content (AvgIpc) is 2.43. The number of aryl methyl sites for hydroxylation is 2. The van der Waals surface area contributed by atoms with Crippen LogP contribution in [0.1, 0.15) is 11.1 Å². The van der Waals surface area contributed by atoms with Gasteiger partial charge in [0.05, 0.1) is 0 Å². The van der Waals surface area contributed by atoms with Crippen LogP contribution in [0.5, 0.6) is 0 Å². The van der Waals surface area contributed by atoms with Crippen molar-refractivity contribution in [3.63, 3.8) is 0 Å². The summed E-state index contributed by atoms with van der Waals surface area (Å²) in [6.07, 6.45) is 0. The molecule has 0 aliphatic carbocycles. The Kier molecular flexibility index (Phi) is 4.60. The molecular formula is C16H15ClN2O2. The van der Waals surface area contributed by atoms with Crippen LogP contribution in [-0.2, 0) is 9.59 Å². The van der Waals surface area contributed by atoms with Crippen molar-refractivity contribution in [1.29, 1.82) is 0 Å². The van der Waals surface area contributed by atoms with Crippen LogP contribution >= 0.6 is 11.6 Å². The number of carbonyl (C=O) groups excluding carboxylic acids is 2. The molecule has 0 spiro atoms. The van der Waals surface area contributed by atoms with Gasteiger partial charge < -0.3 is 10.6 Å². The van der Waals surface area contributed by atoms with Gasteiger partial charge >= 0.3 is 11.8 Å². The van der Waals surface area contributed by atoms with Crippen molar-refractivity contribution >= 4 is 34.8 Å². The summed E-state index contributed by atoms with van der Waals surface area (Å²) in [5.41, 5.74) is 2.93. The number of amides is 2. The number of rotatable bonds is 2. The molecule has 2 aromatic rings. The Morgan fingerprint density at radius 2 is 1.67 bits per heavy atom. The lowest BCUT2D eigenvalue weighted by atomic mass is 10.2. The van der Waals surface area contributed by atoms with Crippen molar-refractivity contribution < 1.29 is 9.59 Å². The van der Waals surface area contributed by atoms with Crippen LogP contribution in [0.25, 0.3) is 0 Å². The first-order chi connectivity index (χ1) is 9.95. The molecule has 2 aromatic carbocycles. The second-order valence-corrected chi connectivity index (χ2v) is 5.17. The van der Waals surface area contributed by atoms with E-state index in [1.807, 2.05) is 26.0 Å². The summed E-state index contributed by atoms with van der Waals surface area (Å²) in [6, 6.07) is 12.3. The summed E-state index contributed by atoms with van der Waals surface area (Å²) in [5, 5.41) is 5.60. The highest BCUT2D eigenvalue weighted by molar-refractivity contribution is 6.43. The Bertz CT molecular complexity index is 698. The second kappa shape index (κ2) is 6.41. The van der Waals surface area contributed by atoms with Crippen molar-refractivity contribution in [2.24, 2.45) is 0 Å². The molecule has 0 fully saturated rings. The lowest BCUT2D eigenvalue weighted by Gasteiger charge is -2.09. The van der Waals surface area contributed by atoms with Gasteiger partial charge in [-0.25, -0.2) is 0 Å². The van der Waals surface area contributed by atoms with Crippen molar-refractivity contribution in [3.8, 4) is 0 Å². The number of anilines is 2. The smallest absolute Gasteiger partial charge is 0.314 e. The third kappa shape index (κ3) is 4.07. The molecule has 0 saturated carbocycles. The molecule has 2 rings (SSSR count). The van der Waals surface area contributed by atoms with E-state index in [1.165, 1.54) is 0 Å². The second-order valence-electron chi connectivity index (χ2n) is 4.74. The maximum absolute atomic E-state index is 11.9. The summed E-state index contributed by atoms with van der Waals surface area (Å²) in [7, 11) is 0. The Hall–Kier alpha value is -2.33. The molecular weight excluding hydrogens is 288 g/mol. The van der Waals surface area contributed by atoms with Gasteiger partial charge in [0.2, 0.25) is 0 Å². The molecule has 0 heterocycles. The molecule has 0 aromatic heterocycles. The van der Waals surface area contributed by atoms with Gasteiger partial charge in [0.25, 0.3) is 0 Å². The van der Waals surface area contributed by atoms with E-state index in [4.69, 9.17) is 11.6 Å². The van der Waals surface area contributed by atoms with Crippen LogP contribution < -0.4 is 10.6 Å². The monoisotopic (exact) mass is 302 g/mol. The molecule has 0 saturated heterocycles. The first-order valence-corrected chi connectivity index (χ1v) is 6.78. The fraction of sp³-hybridized carbons (Fsp3) is 0.125. The summed E-state index contributed by atoms with van der Waals surface area (Å²) < 4.78 is 0. The van der Waals surface area contributed by atoms with Crippen LogP contribution in [0, 0.1) is 13.8 Å². The van der Waals surface area contributed by atoms with Gasteiger partial charge in [0, 0.05) is 16.4 Å².